The summed E-state index contributed by atoms with van der Waals surface area (Å²) in [6.07, 6.45) is 5.47. The second-order valence-electron chi connectivity index (χ2n) is 7.59. The van der Waals surface area contributed by atoms with Crippen LogP contribution in [0.25, 0.3) is 0 Å². The fourth-order valence-electron chi connectivity index (χ4n) is 4.33. The van der Waals surface area contributed by atoms with Crippen LogP contribution in [0.1, 0.15) is 37.1 Å². The maximum Gasteiger partial charge on any atom is 0.222 e. The van der Waals surface area contributed by atoms with Crippen LogP contribution >= 0.6 is 0 Å². The molecule has 1 spiro atoms. The number of hydrogen-bond donors (Lipinski definition) is 0. The van der Waals surface area contributed by atoms with Gasteiger partial charge in [0.1, 0.15) is 17.6 Å². The normalized spacial score (nSPS) is 22.7. The van der Waals surface area contributed by atoms with Crippen LogP contribution in [0, 0.1) is 16.7 Å². The fourth-order valence-corrected chi connectivity index (χ4v) is 4.33. The number of carbonyl (C=O) groups is 1. The summed E-state index contributed by atoms with van der Waals surface area (Å²) in [6, 6.07) is 13.5. The third-order valence-electron chi connectivity index (χ3n) is 5.66. The van der Waals surface area contributed by atoms with Crippen LogP contribution in [0.2, 0.25) is 0 Å². The van der Waals surface area contributed by atoms with Crippen LogP contribution < -0.4 is 4.90 Å². The Bertz CT molecular complexity index is 862. The van der Waals surface area contributed by atoms with Crippen molar-refractivity contribution in [1.82, 2.24) is 14.9 Å². The molecule has 0 N–H and O–H groups in total. The fraction of sp³-hybridized carbons (Fsp3) is 0.429. The first-order chi connectivity index (χ1) is 13.2. The maximum atomic E-state index is 12.5. The molecule has 2 aliphatic rings. The average molecular weight is 361 g/mol. The van der Waals surface area contributed by atoms with Crippen molar-refractivity contribution in [2.24, 2.45) is 5.41 Å². The van der Waals surface area contributed by atoms with E-state index in [1.165, 1.54) is 0 Å². The molecule has 4 heterocycles. The number of pyridine rings is 2. The van der Waals surface area contributed by atoms with Gasteiger partial charge in [-0.05, 0) is 43.5 Å². The largest absolute Gasteiger partial charge is 0.356 e. The Labute approximate surface area is 159 Å². The molecule has 6 heteroatoms. The molecule has 1 amide bonds. The minimum atomic E-state index is 0.0886. The van der Waals surface area contributed by atoms with Crippen molar-refractivity contribution in [2.75, 3.05) is 24.5 Å². The summed E-state index contributed by atoms with van der Waals surface area (Å²) >= 11 is 0. The summed E-state index contributed by atoms with van der Waals surface area (Å²) in [7, 11) is 0. The first-order valence-corrected chi connectivity index (χ1v) is 9.47. The van der Waals surface area contributed by atoms with E-state index in [1.54, 1.807) is 12.3 Å². The van der Waals surface area contributed by atoms with Gasteiger partial charge >= 0.3 is 0 Å². The number of piperidine rings is 2. The highest BCUT2D eigenvalue weighted by Crippen LogP contribution is 2.40. The Morgan fingerprint density at radius 1 is 1.15 bits per heavy atom. The zero-order valence-corrected chi connectivity index (χ0v) is 15.3. The first kappa shape index (κ1) is 17.5. The Kier molecular flexibility index (Phi) is 4.76. The molecule has 1 atom stereocenters. The third kappa shape index (κ3) is 3.77. The molecule has 0 bridgehead atoms. The number of likely N-dealkylation sites (tertiary alicyclic amines) is 1. The molecule has 0 aliphatic carbocycles. The number of anilines is 1. The molecule has 0 saturated carbocycles. The summed E-state index contributed by atoms with van der Waals surface area (Å²) in [4.78, 5) is 25.6. The Balaban J connectivity index is 1.51. The number of nitriles is 1. The molecule has 6 nitrogen and oxygen atoms in total. The van der Waals surface area contributed by atoms with Gasteiger partial charge in [0.25, 0.3) is 0 Å². The molecule has 0 unspecified atom stereocenters. The van der Waals surface area contributed by atoms with Crippen molar-refractivity contribution in [3.63, 3.8) is 0 Å². The van der Waals surface area contributed by atoms with E-state index >= 15 is 0 Å². The van der Waals surface area contributed by atoms with Crippen molar-refractivity contribution in [1.29, 1.82) is 5.26 Å². The number of rotatable bonds is 3. The summed E-state index contributed by atoms with van der Waals surface area (Å²) < 4.78 is 0. The third-order valence-corrected chi connectivity index (χ3v) is 5.66. The molecule has 2 aliphatic heterocycles. The highest BCUT2D eigenvalue weighted by Gasteiger charge is 2.42. The minimum Gasteiger partial charge on any atom is -0.356 e. The highest BCUT2D eigenvalue weighted by atomic mass is 16.2. The summed E-state index contributed by atoms with van der Waals surface area (Å²) in [5.41, 5.74) is 1.47. The first-order valence-electron chi connectivity index (χ1n) is 9.47. The molecule has 0 aromatic carbocycles. The average Bonchev–Trinajstić information content (AvgIpc) is 2.72. The van der Waals surface area contributed by atoms with E-state index in [-0.39, 0.29) is 11.3 Å². The summed E-state index contributed by atoms with van der Waals surface area (Å²) in [5, 5.41) is 9.13. The van der Waals surface area contributed by atoms with Gasteiger partial charge in [-0.2, -0.15) is 5.26 Å². The Hall–Kier alpha value is -2.94. The van der Waals surface area contributed by atoms with Crippen molar-refractivity contribution >= 4 is 11.7 Å². The number of hydrogen-bond acceptors (Lipinski definition) is 5. The molecule has 2 fully saturated rings. The molecule has 2 aromatic heterocycles. The van der Waals surface area contributed by atoms with Crippen LogP contribution in [0.3, 0.4) is 0 Å². The van der Waals surface area contributed by atoms with E-state index in [1.807, 2.05) is 35.2 Å². The van der Waals surface area contributed by atoms with E-state index in [4.69, 9.17) is 5.26 Å². The molecule has 4 rings (SSSR count). The molecule has 0 radical (unpaired) electrons. The van der Waals surface area contributed by atoms with Gasteiger partial charge in [0.2, 0.25) is 5.91 Å². The van der Waals surface area contributed by atoms with Gasteiger partial charge in [0.15, 0.2) is 0 Å². The van der Waals surface area contributed by atoms with Crippen LogP contribution in [0.15, 0.2) is 42.6 Å². The van der Waals surface area contributed by atoms with E-state index in [0.717, 1.165) is 50.4 Å². The van der Waals surface area contributed by atoms with Gasteiger partial charge in [-0.25, -0.2) is 4.98 Å². The molecular formula is C21H23N5O. The Morgan fingerprint density at radius 3 is 2.89 bits per heavy atom. The second kappa shape index (κ2) is 7.36. The summed E-state index contributed by atoms with van der Waals surface area (Å²) in [5.74, 6) is 1.08. The SMILES string of the molecule is N#Cc1cccc(N2CCC[C@@]3(CCC(=O)N(Cc4ccccn4)C3)C2)n1. The lowest BCUT2D eigenvalue weighted by Crippen LogP contribution is -2.54. The minimum absolute atomic E-state index is 0.0886. The maximum absolute atomic E-state index is 12.5. The van der Waals surface area contributed by atoms with Crippen LogP contribution in [-0.4, -0.2) is 40.4 Å². The smallest absolute Gasteiger partial charge is 0.222 e. The van der Waals surface area contributed by atoms with Crippen molar-refractivity contribution in [3.8, 4) is 6.07 Å². The quantitative estimate of drug-likeness (QED) is 0.840. The zero-order valence-electron chi connectivity index (χ0n) is 15.3. The van der Waals surface area contributed by atoms with Crippen LogP contribution in [0.4, 0.5) is 5.82 Å². The predicted octanol–water partition coefficient (Wildman–Crippen LogP) is 2.76. The van der Waals surface area contributed by atoms with Crippen LogP contribution in [0.5, 0.6) is 0 Å². The second-order valence-corrected chi connectivity index (χ2v) is 7.59. The van der Waals surface area contributed by atoms with Gasteiger partial charge in [-0.15, -0.1) is 0 Å². The lowest BCUT2D eigenvalue weighted by molar-refractivity contribution is -0.138. The zero-order chi connectivity index (χ0) is 18.7. The highest BCUT2D eigenvalue weighted by molar-refractivity contribution is 5.77. The molecular weight excluding hydrogens is 338 g/mol. The summed E-state index contributed by atoms with van der Waals surface area (Å²) in [6.45, 7) is 3.15. The molecule has 138 valence electrons. The monoisotopic (exact) mass is 361 g/mol. The lowest BCUT2D eigenvalue weighted by Gasteiger charge is -2.48. The van der Waals surface area contributed by atoms with E-state index in [2.05, 4.69) is 20.9 Å². The topological polar surface area (TPSA) is 73.1 Å². The van der Waals surface area contributed by atoms with E-state index < -0.39 is 0 Å². The number of nitrogens with zero attached hydrogens (tertiary/aromatic N) is 5. The Morgan fingerprint density at radius 2 is 2.07 bits per heavy atom. The van der Waals surface area contributed by atoms with Gasteiger partial charge < -0.3 is 9.80 Å². The lowest BCUT2D eigenvalue weighted by atomic mass is 9.73. The molecule has 2 saturated heterocycles. The van der Waals surface area contributed by atoms with Crippen molar-refractivity contribution in [2.45, 2.75) is 32.2 Å². The van der Waals surface area contributed by atoms with Gasteiger partial charge in [0, 0.05) is 37.7 Å². The number of carbonyl (C=O) groups excluding carboxylic acids is 1. The van der Waals surface area contributed by atoms with Crippen LogP contribution in [-0.2, 0) is 11.3 Å². The number of aromatic nitrogens is 2. The van der Waals surface area contributed by atoms with Gasteiger partial charge in [-0.3, -0.25) is 9.78 Å². The molecule has 2 aromatic rings. The van der Waals surface area contributed by atoms with E-state index in [9.17, 15) is 4.79 Å². The van der Waals surface area contributed by atoms with Gasteiger partial charge in [0.05, 0.1) is 12.2 Å². The van der Waals surface area contributed by atoms with Crippen molar-refractivity contribution in [3.05, 3.63) is 54.0 Å². The van der Waals surface area contributed by atoms with Crippen molar-refractivity contribution < 1.29 is 4.79 Å². The number of amides is 1. The molecule has 27 heavy (non-hydrogen) atoms. The van der Waals surface area contributed by atoms with Gasteiger partial charge in [-0.1, -0.05) is 12.1 Å². The standard InChI is InChI=1S/C21H23N5O/c22-13-17-6-3-7-19(24-17)25-12-4-9-21(15-25)10-8-20(27)26(16-21)14-18-5-1-2-11-23-18/h1-3,5-7,11H,4,8-10,12,14-16H2/t21-/m1/s1. The van der Waals surface area contributed by atoms with E-state index in [0.29, 0.717) is 18.7 Å². The predicted molar refractivity (Wildman–Crippen MR) is 102 cm³/mol.